The van der Waals surface area contributed by atoms with Crippen LogP contribution in [0.4, 0.5) is 11.8 Å². The van der Waals surface area contributed by atoms with Crippen LogP contribution in [0, 0.1) is 0 Å². The van der Waals surface area contributed by atoms with Gasteiger partial charge in [-0.25, -0.2) is 13.4 Å². The molecule has 178 valence electrons. The summed E-state index contributed by atoms with van der Waals surface area (Å²) in [5.41, 5.74) is 0. The maximum atomic E-state index is 13.2. The highest BCUT2D eigenvalue weighted by molar-refractivity contribution is 7.89. The molecule has 0 aliphatic carbocycles. The predicted molar refractivity (Wildman–Crippen MR) is 132 cm³/mol. The van der Waals surface area contributed by atoms with Crippen LogP contribution in [0.5, 0.6) is 11.5 Å². The van der Waals surface area contributed by atoms with Gasteiger partial charge in [0, 0.05) is 45.5 Å². The SMILES string of the molecule is O=S(=O)(c1ccc(Oc2ccccc2Cl)cc1)N1CCN(c2ccnc(N3CCCC3)n2)CC1. The van der Waals surface area contributed by atoms with Gasteiger partial charge in [0.2, 0.25) is 16.0 Å². The van der Waals surface area contributed by atoms with Gasteiger partial charge < -0.3 is 14.5 Å². The fraction of sp³-hybridized carbons (Fsp3) is 0.333. The molecule has 0 spiro atoms. The van der Waals surface area contributed by atoms with Crippen molar-refractivity contribution in [3.05, 3.63) is 65.8 Å². The lowest BCUT2D eigenvalue weighted by atomic mass is 10.3. The summed E-state index contributed by atoms with van der Waals surface area (Å²) in [5.74, 6) is 2.64. The Bertz CT molecular complexity index is 1240. The van der Waals surface area contributed by atoms with Gasteiger partial charge in [-0.05, 0) is 55.3 Å². The summed E-state index contributed by atoms with van der Waals surface area (Å²) in [7, 11) is -3.60. The van der Waals surface area contributed by atoms with Gasteiger partial charge in [0.15, 0.2) is 0 Å². The van der Waals surface area contributed by atoms with E-state index in [0.717, 1.165) is 37.7 Å². The van der Waals surface area contributed by atoms with E-state index >= 15 is 0 Å². The number of sulfonamides is 1. The highest BCUT2D eigenvalue weighted by Gasteiger charge is 2.29. The topological polar surface area (TPSA) is 78.9 Å². The van der Waals surface area contributed by atoms with E-state index in [-0.39, 0.29) is 4.90 Å². The van der Waals surface area contributed by atoms with Crippen molar-refractivity contribution >= 4 is 33.4 Å². The number of hydrogen-bond acceptors (Lipinski definition) is 7. The van der Waals surface area contributed by atoms with Crippen LogP contribution in [0.15, 0.2) is 65.7 Å². The first-order chi connectivity index (χ1) is 16.5. The van der Waals surface area contributed by atoms with Crippen LogP contribution >= 0.6 is 11.6 Å². The molecular formula is C24H26ClN5O3S. The summed E-state index contributed by atoms with van der Waals surface area (Å²) in [6, 6.07) is 15.5. The molecule has 0 saturated carbocycles. The van der Waals surface area contributed by atoms with Gasteiger partial charge >= 0.3 is 0 Å². The van der Waals surface area contributed by atoms with Crippen molar-refractivity contribution in [3.8, 4) is 11.5 Å². The van der Waals surface area contributed by atoms with Crippen LogP contribution in [0.3, 0.4) is 0 Å². The van der Waals surface area contributed by atoms with E-state index in [4.69, 9.17) is 21.3 Å². The predicted octanol–water partition coefficient (Wildman–Crippen LogP) is 4.03. The molecule has 2 fully saturated rings. The molecule has 0 N–H and O–H groups in total. The Morgan fingerprint density at radius 3 is 2.24 bits per heavy atom. The smallest absolute Gasteiger partial charge is 0.243 e. The first kappa shape index (κ1) is 22.9. The number of halogens is 1. The number of aromatic nitrogens is 2. The van der Waals surface area contributed by atoms with Crippen LogP contribution in [0.2, 0.25) is 5.02 Å². The van der Waals surface area contributed by atoms with E-state index in [1.54, 1.807) is 42.6 Å². The zero-order chi connectivity index (χ0) is 23.5. The number of piperazine rings is 1. The number of nitrogens with zero attached hydrogens (tertiary/aromatic N) is 5. The molecule has 0 bridgehead atoms. The van der Waals surface area contributed by atoms with Gasteiger partial charge in [0.1, 0.15) is 17.3 Å². The van der Waals surface area contributed by atoms with Crippen molar-refractivity contribution < 1.29 is 13.2 Å². The number of anilines is 2. The Balaban J connectivity index is 1.23. The van der Waals surface area contributed by atoms with Gasteiger partial charge in [0.05, 0.1) is 9.92 Å². The average Bonchev–Trinajstić information content (AvgIpc) is 3.41. The van der Waals surface area contributed by atoms with E-state index in [2.05, 4.69) is 14.8 Å². The molecule has 2 saturated heterocycles. The summed E-state index contributed by atoms with van der Waals surface area (Å²) in [4.78, 5) is 13.7. The van der Waals surface area contributed by atoms with E-state index in [1.807, 2.05) is 18.2 Å². The highest BCUT2D eigenvalue weighted by Crippen LogP contribution is 2.30. The minimum Gasteiger partial charge on any atom is -0.456 e. The molecule has 3 aromatic rings. The molecule has 34 heavy (non-hydrogen) atoms. The maximum absolute atomic E-state index is 13.2. The minimum absolute atomic E-state index is 0.241. The van der Waals surface area contributed by atoms with Crippen LogP contribution < -0.4 is 14.5 Å². The molecule has 0 atom stereocenters. The van der Waals surface area contributed by atoms with Crippen molar-refractivity contribution in [2.75, 3.05) is 49.1 Å². The summed E-state index contributed by atoms with van der Waals surface area (Å²) < 4.78 is 33.7. The standard InChI is InChI=1S/C24H26ClN5O3S/c25-21-5-1-2-6-22(21)33-19-7-9-20(10-8-19)34(31,32)30-17-15-28(16-18-30)23-11-12-26-24(27-23)29-13-3-4-14-29/h1-2,5-12H,3-4,13-18H2. The van der Waals surface area contributed by atoms with Gasteiger partial charge in [-0.15, -0.1) is 0 Å². The van der Waals surface area contributed by atoms with Gasteiger partial charge in [0.25, 0.3) is 0 Å². The van der Waals surface area contributed by atoms with Gasteiger partial charge in [-0.2, -0.15) is 9.29 Å². The molecule has 10 heteroatoms. The molecule has 5 rings (SSSR count). The normalized spacial score (nSPS) is 17.2. The van der Waals surface area contributed by atoms with Crippen molar-refractivity contribution in [2.45, 2.75) is 17.7 Å². The van der Waals surface area contributed by atoms with Crippen molar-refractivity contribution in [3.63, 3.8) is 0 Å². The molecule has 2 aliphatic rings. The maximum Gasteiger partial charge on any atom is 0.243 e. The van der Waals surface area contributed by atoms with Crippen LogP contribution in [-0.2, 0) is 10.0 Å². The molecule has 3 heterocycles. The molecule has 2 aromatic carbocycles. The second-order valence-electron chi connectivity index (χ2n) is 8.30. The number of benzene rings is 2. The largest absolute Gasteiger partial charge is 0.456 e. The molecule has 2 aliphatic heterocycles. The lowest BCUT2D eigenvalue weighted by molar-refractivity contribution is 0.383. The molecule has 0 radical (unpaired) electrons. The first-order valence-corrected chi connectivity index (χ1v) is 13.2. The molecule has 0 amide bonds. The van der Waals surface area contributed by atoms with Crippen LogP contribution in [0.25, 0.3) is 0 Å². The Hall–Kier alpha value is -2.88. The van der Waals surface area contributed by atoms with Gasteiger partial charge in [-0.1, -0.05) is 23.7 Å². The Labute approximate surface area is 204 Å². The Morgan fingerprint density at radius 1 is 0.824 bits per heavy atom. The molecule has 0 unspecified atom stereocenters. The quantitative estimate of drug-likeness (QED) is 0.506. The van der Waals surface area contributed by atoms with Gasteiger partial charge in [-0.3, -0.25) is 0 Å². The second-order valence-corrected chi connectivity index (χ2v) is 10.6. The average molecular weight is 500 g/mol. The van der Waals surface area contributed by atoms with E-state index in [1.165, 1.54) is 4.31 Å². The third-order valence-corrected chi connectivity index (χ3v) is 8.33. The van der Waals surface area contributed by atoms with E-state index in [9.17, 15) is 8.42 Å². The summed E-state index contributed by atoms with van der Waals surface area (Å²) in [5, 5.41) is 0.494. The van der Waals surface area contributed by atoms with Crippen molar-refractivity contribution in [1.29, 1.82) is 0 Å². The zero-order valence-electron chi connectivity index (χ0n) is 18.7. The van der Waals surface area contributed by atoms with Crippen molar-refractivity contribution in [1.82, 2.24) is 14.3 Å². The van der Waals surface area contributed by atoms with E-state index in [0.29, 0.717) is 42.7 Å². The minimum atomic E-state index is -3.60. The Kier molecular flexibility index (Phi) is 6.58. The second kappa shape index (κ2) is 9.77. The fourth-order valence-electron chi connectivity index (χ4n) is 4.23. The summed E-state index contributed by atoms with van der Waals surface area (Å²) in [6.45, 7) is 3.90. The number of ether oxygens (including phenoxy) is 1. The third kappa shape index (κ3) is 4.82. The van der Waals surface area contributed by atoms with E-state index < -0.39 is 10.0 Å². The van der Waals surface area contributed by atoms with Crippen molar-refractivity contribution in [2.24, 2.45) is 0 Å². The lowest BCUT2D eigenvalue weighted by Gasteiger charge is -2.34. The first-order valence-electron chi connectivity index (χ1n) is 11.4. The summed E-state index contributed by atoms with van der Waals surface area (Å²) >= 11 is 6.14. The lowest BCUT2D eigenvalue weighted by Crippen LogP contribution is -2.49. The Morgan fingerprint density at radius 2 is 1.53 bits per heavy atom. The molecule has 8 nitrogen and oxygen atoms in total. The fourth-order valence-corrected chi connectivity index (χ4v) is 5.82. The van der Waals surface area contributed by atoms with Crippen LogP contribution in [-0.4, -0.2) is 62.0 Å². The molecule has 1 aromatic heterocycles. The monoisotopic (exact) mass is 499 g/mol. The number of hydrogen-bond donors (Lipinski definition) is 0. The number of para-hydroxylation sites is 1. The summed E-state index contributed by atoms with van der Waals surface area (Å²) in [6.07, 6.45) is 4.11. The zero-order valence-corrected chi connectivity index (χ0v) is 20.2. The third-order valence-electron chi connectivity index (χ3n) is 6.11. The van der Waals surface area contributed by atoms with Crippen LogP contribution in [0.1, 0.15) is 12.8 Å². The molecular weight excluding hydrogens is 474 g/mol. The highest BCUT2D eigenvalue weighted by atomic mass is 35.5. The number of rotatable bonds is 6.